The number of hydrogen-bond donors (Lipinski definition) is 1. The predicted molar refractivity (Wildman–Crippen MR) is 141 cm³/mol. The molecule has 186 valence electrons. The number of aliphatic carboxylic acids is 1. The lowest BCUT2D eigenvalue weighted by atomic mass is 9.84. The molecule has 0 fully saturated rings. The molecule has 5 nitrogen and oxygen atoms in total. The summed E-state index contributed by atoms with van der Waals surface area (Å²) in [7, 11) is 0. The SMILES string of the molecule is O=C(O)[C@@H]1Cc2c(n(C(=O)c3ccccc3F)c3ccccc23)[C@H]2C=C(Cl)C[C@@H](c3ccc(Cl)cc3)N21. The average Bonchev–Trinajstić information content (AvgIpc) is 3.23. The highest BCUT2D eigenvalue weighted by Gasteiger charge is 2.47. The lowest BCUT2D eigenvalue weighted by Gasteiger charge is -2.47. The minimum atomic E-state index is -0.960. The molecule has 0 saturated heterocycles. The Bertz CT molecular complexity index is 1590. The van der Waals surface area contributed by atoms with Gasteiger partial charge in [-0.2, -0.15) is 0 Å². The third-order valence-corrected chi connectivity index (χ3v) is 7.85. The maximum Gasteiger partial charge on any atom is 0.321 e. The van der Waals surface area contributed by atoms with Gasteiger partial charge in [0.25, 0.3) is 5.91 Å². The summed E-state index contributed by atoms with van der Waals surface area (Å²) in [6.07, 6.45) is 2.42. The van der Waals surface area contributed by atoms with Crippen LogP contribution in [0, 0.1) is 5.82 Å². The van der Waals surface area contributed by atoms with Crippen molar-refractivity contribution in [2.45, 2.75) is 31.0 Å². The molecule has 2 aliphatic rings. The van der Waals surface area contributed by atoms with Crippen LogP contribution < -0.4 is 0 Å². The highest BCUT2D eigenvalue weighted by molar-refractivity contribution is 6.30. The van der Waals surface area contributed by atoms with Crippen LogP contribution in [0.2, 0.25) is 5.02 Å². The van der Waals surface area contributed by atoms with Crippen molar-refractivity contribution in [3.8, 4) is 0 Å². The number of halogens is 3. The van der Waals surface area contributed by atoms with Crippen molar-refractivity contribution in [1.29, 1.82) is 0 Å². The van der Waals surface area contributed by atoms with E-state index in [9.17, 15) is 19.1 Å². The minimum absolute atomic E-state index is 0.0573. The third-order valence-electron chi connectivity index (χ3n) is 7.31. The number of carbonyl (C=O) groups excluding carboxylic acids is 1. The second kappa shape index (κ2) is 9.14. The Morgan fingerprint density at radius 3 is 2.35 bits per heavy atom. The number of hydrogen-bond acceptors (Lipinski definition) is 3. The molecule has 3 atom stereocenters. The van der Waals surface area contributed by atoms with Gasteiger partial charge in [-0.3, -0.25) is 19.1 Å². The lowest BCUT2D eigenvalue weighted by Crippen LogP contribution is -2.51. The zero-order chi connectivity index (χ0) is 25.8. The van der Waals surface area contributed by atoms with Crippen LogP contribution in [0.1, 0.15) is 45.7 Å². The Labute approximate surface area is 222 Å². The molecule has 3 heterocycles. The van der Waals surface area contributed by atoms with Gasteiger partial charge in [0.15, 0.2) is 0 Å². The summed E-state index contributed by atoms with van der Waals surface area (Å²) in [6.45, 7) is 0. The highest BCUT2D eigenvalue weighted by Crippen LogP contribution is 2.49. The normalized spacial score (nSPS) is 21.3. The first-order valence-corrected chi connectivity index (χ1v) is 12.6. The summed E-state index contributed by atoms with van der Waals surface area (Å²) >= 11 is 12.8. The Kier molecular flexibility index (Phi) is 5.91. The van der Waals surface area contributed by atoms with Crippen LogP contribution in [-0.2, 0) is 11.2 Å². The van der Waals surface area contributed by atoms with Gasteiger partial charge in [-0.15, -0.1) is 0 Å². The maximum absolute atomic E-state index is 14.8. The molecular weight excluding hydrogens is 514 g/mol. The summed E-state index contributed by atoms with van der Waals surface area (Å²) in [5, 5.41) is 12.2. The average molecular weight is 535 g/mol. The summed E-state index contributed by atoms with van der Waals surface area (Å²) in [5.74, 6) is -2.09. The summed E-state index contributed by atoms with van der Waals surface area (Å²) < 4.78 is 16.3. The van der Waals surface area contributed by atoms with E-state index in [0.717, 1.165) is 16.5 Å². The van der Waals surface area contributed by atoms with E-state index in [1.54, 1.807) is 24.3 Å². The van der Waals surface area contributed by atoms with Gasteiger partial charge in [0.05, 0.1) is 22.8 Å². The number of fused-ring (bicyclic) bond motifs is 5. The number of carboxylic acid groups (broad SMARTS) is 1. The van der Waals surface area contributed by atoms with E-state index in [4.69, 9.17) is 23.2 Å². The van der Waals surface area contributed by atoms with Crippen molar-refractivity contribution in [2.24, 2.45) is 0 Å². The van der Waals surface area contributed by atoms with E-state index >= 15 is 0 Å². The zero-order valence-corrected chi connectivity index (χ0v) is 21.0. The number of carboxylic acids is 1. The van der Waals surface area contributed by atoms with Crippen molar-refractivity contribution in [3.63, 3.8) is 0 Å². The van der Waals surface area contributed by atoms with E-state index in [1.807, 2.05) is 41.3 Å². The van der Waals surface area contributed by atoms with Gasteiger partial charge in [0, 0.05) is 34.3 Å². The molecule has 0 saturated carbocycles. The fourth-order valence-corrected chi connectivity index (χ4v) is 6.15. The molecule has 4 aromatic rings. The van der Waals surface area contributed by atoms with Crippen LogP contribution in [0.5, 0.6) is 0 Å². The standard InChI is InChI=1S/C29H21Cl2FN2O3/c30-17-11-9-16(10-12-17)24-13-18(31)14-25-27-21(15-26(29(36)37)33(24)25)19-5-2-4-8-23(19)34(27)28(35)20-6-1-3-7-22(20)32/h1-12,14,24-26H,13,15H2,(H,36,37)/t24-,25+,26-/m0/s1. The second-order valence-electron chi connectivity index (χ2n) is 9.34. The van der Waals surface area contributed by atoms with Crippen LogP contribution in [0.25, 0.3) is 10.9 Å². The number of carbonyl (C=O) groups is 2. The molecule has 3 aromatic carbocycles. The zero-order valence-electron chi connectivity index (χ0n) is 19.4. The molecule has 2 aliphatic heterocycles. The first-order valence-electron chi connectivity index (χ1n) is 11.9. The van der Waals surface area contributed by atoms with Gasteiger partial charge < -0.3 is 5.11 Å². The third kappa shape index (κ3) is 3.87. The number of benzene rings is 3. The van der Waals surface area contributed by atoms with Crippen LogP contribution in [0.15, 0.2) is 83.9 Å². The van der Waals surface area contributed by atoms with Gasteiger partial charge in [0.1, 0.15) is 11.9 Å². The van der Waals surface area contributed by atoms with Gasteiger partial charge in [-0.25, -0.2) is 4.39 Å². The van der Waals surface area contributed by atoms with Gasteiger partial charge in [0.2, 0.25) is 0 Å². The fourth-order valence-electron chi connectivity index (χ4n) is 5.75. The highest BCUT2D eigenvalue weighted by atomic mass is 35.5. The number of aromatic nitrogens is 1. The molecular formula is C29H21Cl2FN2O3. The molecule has 37 heavy (non-hydrogen) atoms. The number of nitrogens with zero attached hydrogens (tertiary/aromatic N) is 2. The summed E-state index contributed by atoms with van der Waals surface area (Å²) in [4.78, 5) is 28.4. The molecule has 0 amide bonds. The van der Waals surface area contributed by atoms with Crippen LogP contribution >= 0.6 is 23.2 Å². The van der Waals surface area contributed by atoms with Crippen LogP contribution in [0.3, 0.4) is 0 Å². The minimum Gasteiger partial charge on any atom is -0.480 e. The van der Waals surface area contributed by atoms with Crippen LogP contribution in [-0.4, -0.2) is 32.5 Å². The van der Waals surface area contributed by atoms with E-state index in [1.165, 1.54) is 22.8 Å². The van der Waals surface area contributed by atoms with Crippen molar-refractivity contribution < 1.29 is 19.1 Å². The Balaban J connectivity index is 1.62. The van der Waals surface area contributed by atoms with Gasteiger partial charge in [-0.05, 0) is 47.5 Å². The van der Waals surface area contributed by atoms with E-state index in [0.29, 0.717) is 27.7 Å². The predicted octanol–water partition coefficient (Wildman–Crippen LogP) is 6.74. The second-order valence-corrected chi connectivity index (χ2v) is 10.3. The molecule has 6 rings (SSSR count). The van der Waals surface area contributed by atoms with E-state index in [-0.39, 0.29) is 18.0 Å². The maximum atomic E-state index is 14.8. The molecule has 0 spiro atoms. The Hall–Kier alpha value is -3.45. The van der Waals surface area contributed by atoms with E-state index in [2.05, 4.69) is 0 Å². The topological polar surface area (TPSA) is 62.5 Å². The summed E-state index contributed by atoms with van der Waals surface area (Å²) in [6, 6.07) is 18.6. The molecule has 8 heteroatoms. The monoisotopic (exact) mass is 534 g/mol. The number of para-hydroxylation sites is 1. The largest absolute Gasteiger partial charge is 0.480 e. The molecule has 1 aromatic heterocycles. The first kappa shape index (κ1) is 23.9. The molecule has 0 radical (unpaired) electrons. The molecule has 0 bridgehead atoms. The van der Waals surface area contributed by atoms with Gasteiger partial charge >= 0.3 is 5.97 Å². The Morgan fingerprint density at radius 2 is 1.62 bits per heavy atom. The van der Waals surface area contributed by atoms with E-state index < -0.39 is 29.8 Å². The number of rotatable bonds is 3. The fraction of sp³-hybridized carbons (Fsp3) is 0.172. The van der Waals surface area contributed by atoms with Crippen molar-refractivity contribution in [3.05, 3.63) is 117 Å². The molecule has 0 unspecified atom stereocenters. The van der Waals surface area contributed by atoms with Crippen molar-refractivity contribution in [1.82, 2.24) is 9.47 Å². The molecule has 0 aliphatic carbocycles. The first-order chi connectivity index (χ1) is 17.8. The van der Waals surface area contributed by atoms with Gasteiger partial charge in [-0.1, -0.05) is 65.7 Å². The molecule has 1 N–H and O–H groups in total. The summed E-state index contributed by atoms with van der Waals surface area (Å²) in [5.41, 5.74) is 2.79. The Morgan fingerprint density at radius 1 is 0.919 bits per heavy atom. The lowest BCUT2D eigenvalue weighted by molar-refractivity contribution is -0.146. The van der Waals surface area contributed by atoms with Crippen LogP contribution in [0.4, 0.5) is 4.39 Å². The van der Waals surface area contributed by atoms with Crippen molar-refractivity contribution in [2.75, 3.05) is 0 Å². The quantitative estimate of drug-likeness (QED) is 0.316. The van der Waals surface area contributed by atoms with Crippen molar-refractivity contribution >= 4 is 46.0 Å². The smallest absolute Gasteiger partial charge is 0.321 e.